The topological polar surface area (TPSA) is 46.5 Å². The number of halogens is 3. The van der Waals surface area contributed by atoms with Crippen molar-refractivity contribution in [2.75, 3.05) is 0 Å². The van der Waals surface area contributed by atoms with Gasteiger partial charge in [-0.2, -0.15) is 13.2 Å². The molecule has 0 bridgehead atoms. The molecule has 0 aromatic heterocycles. The Hall–Kier alpha value is -1.98. The Morgan fingerprint density at radius 3 is 2.83 bits per heavy atom. The maximum absolute atomic E-state index is 13.3. The minimum atomic E-state index is -5.21. The molecule has 1 heterocycles. The molecule has 1 aromatic carbocycles. The van der Waals surface area contributed by atoms with Crippen LogP contribution in [0.4, 0.5) is 13.2 Å². The first-order valence-corrected chi connectivity index (χ1v) is 6.08. The smallest absolute Gasteiger partial charge is 0.430 e. The molecule has 0 saturated carbocycles. The average molecular weight is 341 g/mol. The number of carboxylic acid groups (broad SMARTS) is 1. The van der Waals surface area contributed by atoms with Crippen LogP contribution < -0.4 is 4.74 Å². The standard InChI is InChI=1S/C17H19F3O3/c1-2-3-4-5-6-11-7-8-12-10-13(16(21)22)15(17(18,19)20)23-14(12)9-11/h7-10,15H,2-6H2,1H3,(H,21,22)/i1D3,2D2,3D2,4D2,5D2,6D2. The van der Waals surface area contributed by atoms with Crippen LogP contribution in [0.25, 0.3) is 6.08 Å². The van der Waals surface area contributed by atoms with Crippen LogP contribution >= 0.6 is 0 Å². The Balaban J connectivity index is 2.64. The third kappa shape index (κ3) is 4.27. The number of carbonyl (C=O) groups is 1. The minimum absolute atomic E-state index is 0.259. The molecular formula is C17H19F3O3. The number of fused-ring (bicyclic) bond motifs is 1. The zero-order valence-corrected chi connectivity index (χ0v) is 11.3. The van der Waals surface area contributed by atoms with E-state index in [1.54, 1.807) is 0 Å². The van der Waals surface area contributed by atoms with Gasteiger partial charge in [0.15, 0.2) is 0 Å². The van der Waals surface area contributed by atoms with E-state index >= 15 is 0 Å². The second-order valence-electron chi connectivity index (χ2n) is 4.32. The van der Waals surface area contributed by atoms with Crippen molar-refractivity contribution in [1.82, 2.24) is 0 Å². The highest BCUT2D eigenvalue weighted by Crippen LogP contribution is 2.37. The predicted octanol–water partition coefficient (Wildman–Crippen LogP) is 4.60. The van der Waals surface area contributed by atoms with Crippen molar-refractivity contribution >= 4 is 12.0 Å². The van der Waals surface area contributed by atoms with Crippen molar-refractivity contribution in [3.63, 3.8) is 0 Å². The molecule has 3 nitrogen and oxygen atoms in total. The molecule has 1 aliphatic heterocycles. The summed E-state index contributed by atoms with van der Waals surface area (Å²) in [6.45, 7) is -3.78. The van der Waals surface area contributed by atoms with E-state index in [1.165, 1.54) is 0 Å². The van der Waals surface area contributed by atoms with Crippen molar-refractivity contribution in [2.24, 2.45) is 0 Å². The lowest BCUT2D eigenvalue weighted by Gasteiger charge is -2.27. The summed E-state index contributed by atoms with van der Waals surface area (Å²) in [6, 6.07) is 2.19. The first-order valence-electron chi connectivity index (χ1n) is 12.6. The number of carboxylic acids is 1. The molecule has 0 aliphatic carbocycles. The summed E-state index contributed by atoms with van der Waals surface area (Å²) in [7, 11) is 0. The number of hydrogen-bond acceptors (Lipinski definition) is 2. The van der Waals surface area contributed by atoms with Gasteiger partial charge in [0.1, 0.15) is 5.75 Å². The first kappa shape index (κ1) is 6.87. The fourth-order valence-corrected chi connectivity index (χ4v) is 1.85. The molecule has 1 unspecified atom stereocenters. The lowest BCUT2D eigenvalue weighted by molar-refractivity contribution is -0.187. The monoisotopic (exact) mass is 341 g/mol. The Morgan fingerprint density at radius 2 is 2.17 bits per heavy atom. The second-order valence-corrected chi connectivity index (χ2v) is 4.32. The highest BCUT2D eigenvalue weighted by Gasteiger charge is 2.48. The van der Waals surface area contributed by atoms with Gasteiger partial charge in [0.25, 0.3) is 0 Å². The van der Waals surface area contributed by atoms with E-state index in [-0.39, 0.29) is 5.56 Å². The maximum atomic E-state index is 13.3. The number of aryl methyl sites for hydroxylation is 1. The minimum Gasteiger partial charge on any atom is -0.478 e. The molecule has 1 aromatic rings. The Bertz CT molecular complexity index is 1080. The SMILES string of the molecule is [2H]C([2H])([2H])C([2H])([2H])C([2H])([2H])C([2H])([2H])C([2H])([2H])C([2H])([2H])c1ccc2c(c1)OC(C(F)(F)F)C(C(=O)O)=C2. The largest absolute Gasteiger partial charge is 0.478 e. The van der Waals surface area contributed by atoms with Gasteiger partial charge in [0.05, 0.1) is 5.57 Å². The molecule has 1 aliphatic rings. The summed E-state index contributed by atoms with van der Waals surface area (Å²) >= 11 is 0. The summed E-state index contributed by atoms with van der Waals surface area (Å²) in [5, 5.41) is 9.07. The Kier molecular flexibility index (Phi) is 2.11. The van der Waals surface area contributed by atoms with E-state index in [1.807, 2.05) is 0 Å². The Morgan fingerprint density at radius 1 is 1.39 bits per heavy atom. The van der Waals surface area contributed by atoms with Crippen molar-refractivity contribution < 1.29 is 45.6 Å². The normalized spacial score (nSPS) is 29.3. The predicted molar refractivity (Wildman–Crippen MR) is 80.4 cm³/mol. The van der Waals surface area contributed by atoms with Gasteiger partial charge in [-0.15, -0.1) is 0 Å². The van der Waals surface area contributed by atoms with Gasteiger partial charge in [-0.25, -0.2) is 4.79 Å². The van der Waals surface area contributed by atoms with Gasteiger partial charge in [-0.3, -0.25) is 0 Å². The molecule has 0 amide bonds. The van der Waals surface area contributed by atoms with Crippen molar-refractivity contribution in [3.8, 4) is 5.75 Å². The zero-order chi connectivity index (χ0) is 28.5. The maximum Gasteiger partial charge on any atom is 0.430 e. The van der Waals surface area contributed by atoms with Gasteiger partial charge in [-0.1, -0.05) is 38.1 Å². The molecule has 0 spiro atoms. The van der Waals surface area contributed by atoms with Gasteiger partial charge in [-0.05, 0) is 30.5 Å². The van der Waals surface area contributed by atoms with Crippen LogP contribution in [0.15, 0.2) is 23.8 Å². The van der Waals surface area contributed by atoms with E-state index in [2.05, 4.69) is 0 Å². The van der Waals surface area contributed by atoms with Crippen LogP contribution in [0.5, 0.6) is 5.75 Å². The highest BCUT2D eigenvalue weighted by atomic mass is 19.4. The summed E-state index contributed by atoms with van der Waals surface area (Å²) < 4.78 is 146. The third-order valence-corrected chi connectivity index (χ3v) is 2.79. The van der Waals surface area contributed by atoms with Crippen LogP contribution in [0.3, 0.4) is 0 Å². The van der Waals surface area contributed by atoms with Gasteiger partial charge in [0, 0.05) is 23.4 Å². The number of alkyl halides is 3. The second kappa shape index (κ2) is 7.06. The fraction of sp³-hybridized carbons (Fsp3) is 0.471. The molecule has 1 atom stereocenters. The van der Waals surface area contributed by atoms with E-state index in [4.69, 9.17) is 27.7 Å². The lowest BCUT2D eigenvalue weighted by Crippen LogP contribution is -2.40. The molecular weight excluding hydrogens is 309 g/mol. The van der Waals surface area contributed by atoms with Crippen molar-refractivity contribution in [2.45, 2.75) is 51.0 Å². The molecule has 126 valence electrons. The van der Waals surface area contributed by atoms with Crippen LogP contribution in [0, 0.1) is 0 Å². The van der Waals surface area contributed by atoms with Crippen LogP contribution in [-0.2, 0) is 11.2 Å². The quantitative estimate of drug-likeness (QED) is 0.822. The van der Waals surface area contributed by atoms with Crippen LogP contribution in [0.2, 0.25) is 0 Å². The fourth-order valence-electron chi connectivity index (χ4n) is 1.85. The van der Waals surface area contributed by atoms with Crippen molar-refractivity contribution in [1.29, 1.82) is 0 Å². The van der Waals surface area contributed by atoms with Crippen LogP contribution in [0.1, 0.15) is 61.3 Å². The van der Waals surface area contributed by atoms with E-state index in [9.17, 15) is 18.0 Å². The molecule has 0 radical (unpaired) electrons. The van der Waals surface area contributed by atoms with Gasteiger partial charge in [0.2, 0.25) is 6.10 Å². The molecule has 0 saturated heterocycles. The highest BCUT2D eigenvalue weighted by molar-refractivity contribution is 5.95. The molecule has 1 N–H and O–H groups in total. The summed E-state index contributed by atoms with van der Waals surface area (Å²) in [6.07, 6.45) is -27.5. The molecule has 23 heavy (non-hydrogen) atoms. The number of hydrogen-bond donors (Lipinski definition) is 1. The van der Waals surface area contributed by atoms with Gasteiger partial charge < -0.3 is 9.84 Å². The third-order valence-electron chi connectivity index (χ3n) is 2.79. The summed E-state index contributed by atoms with van der Waals surface area (Å²) in [5.41, 5.74) is -2.31. The summed E-state index contributed by atoms with van der Waals surface area (Å²) in [5.74, 6) is -2.68. The van der Waals surface area contributed by atoms with E-state index in [0.29, 0.717) is 12.1 Å². The lowest BCUT2D eigenvalue weighted by atomic mass is 9.98. The molecule has 6 heteroatoms. The Labute approximate surface area is 151 Å². The number of ether oxygens (including phenoxy) is 1. The summed E-state index contributed by atoms with van der Waals surface area (Å²) in [4.78, 5) is 11.2. The van der Waals surface area contributed by atoms with Crippen LogP contribution in [-0.4, -0.2) is 23.4 Å². The number of aliphatic carboxylic acids is 1. The molecule has 2 rings (SSSR count). The number of benzene rings is 1. The average Bonchev–Trinajstić information content (AvgIpc) is 2.70. The zero-order valence-electron chi connectivity index (χ0n) is 24.3. The van der Waals surface area contributed by atoms with Gasteiger partial charge >= 0.3 is 12.1 Å². The first-order chi connectivity index (χ1) is 15.7. The number of rotatable bonds is 6. The van der Waals surface area contributed by atoms with Crippen molar-refractivity contribution in [3.05, 3.63) is 34.9 Å². The van der Waals surface area contributed by atoms with E-state index in [0.717, 1.165) is 12.1 Å². The molecule has 0 fully saturated rings. The van der Waals surface area contributed by atoms with E-state index < -0.39 is 73.9 Å².